The van der Waals surface area contributed by atoms with Gasteiger partial charge in [-0.25, -0.2) is 0 Å². The molecule has 0 unspecified atom stereocenters. The molecule has 1 aliphatic heterocycles. The quantitative estimate of drug-likeness (QED) is 0.905. The molecule has 0 radical (unpaired) electrons. The van der Waals surface area contributed by atoms with Crippen molar-refractivity contribution in [3.8, 4) is 0 Å². The Morgan fingerprint density at radius 1 is 1.16 bits per heavy atom. The molecule has 0 saturated carbocycles. The van der Waals surface area contributed by atoms with Gasteiger partial charge in [0.1, 0.15) is 0 Å². The van der Waals surface area contributed by atoms with E-state index < -0.39 is 0 Å². The molecule has 19 heavy (non-hydrogen) atoms. The summed E-state index contributed by atoms with van der Waals surface area (Å²) in [5.74, 6) is 0. The van der Waals surface area contributed by atoms with Gasteiger partial charge in [-0.3, -0.25) is 0 Å². The van der Waals surface area contributed by atoms with Gasteiger partial charge in [0.2, 0.25) is 0 Å². The number of aryl methyl sites for hydroxylation is 2. The average molecular weight is 261 g/mol. The normalized spacial score (nSPS) is 18.9. The maximum Gasteiger partial charge on any atom is 0.0369 e. The van der Waals surface area contributed by atoms with Crippen LogP contribution < -0.4 is 10.6 Å². The number of hydrogen-bond donors (Lipinski definition) is 1. The molecule has 0 aromatic heterocycles. The molecule has 0 bridgehead atoms. The predicted octanol–water partition coefficient (Wildman–Crippen LogP) is 2.16. The molecule has 1 aliphatic rings. The zero-order valence-electron chi connectivity index (χ0n) is 12.7. The zero-order chi connectivity index (χ0) is 14.0. The second kappa shape index (κ2) is 5.51. The summed E-state index contributed by atoms with van der Waals surface area (Å²) in [6.45, 7) is 7.30. The van der Waals surface area contributed by atoms with Gasteiger partial charge in [-0.2, -0.15) is 0 Å². The number of anilines is 1. The van der Waals surface area contributed by atoms with Crippen LogP contribution in [0.4, 0.5) is 5.69 Å². The molecule has 2 rings (SSSR count). The molecular formula is C16H27N3. The van der Waals surface area contributed by atoms with Gasteiger partial charge in [0.25, 0.3) is 0 Å². The Bertz CT molecular complexity index is 432. The number of benzene rings is 1. The predicted molar refractivity (Wildman–Crippen MR) is 82.8 cm³/mol. The van der Waals surface area contributed by atoms with Crippen molar-refractivity contribution in [3.05, 3.63) is 29.3 Å². The first-order valence-corrected chi connectivity index (χ1v) is 7.18. The van der Waals surface area contributed by atoms with Crippen molar-refractivity contribution < 1.29 is 0 Å². The summed E-state index contributed by atoms with van der Waals surface area (Å²) in [4.78, 5) is 4.80. The monoisotopic (exact) mass is 261 g/mol. The number of hydrogen-bond acceptors (Lipinski definition) is 3. The molecular weight excluding hydrogens is 234 g/mol. The molecule has 1 aromatic rings. The van der Waals surface area contributed by atoms with Gasteiger partial charge in [0.15, 0.2) is 0 Å². The van der Waals surface area contributed by atoms with Crippen LogP contribution in [0, 0.1) is 13.8 Å². The molecule has 1 heterocycles. The fraction of sp³-hybridized carbons (Fsp3) is 0.625. The first-order chi connectivity index (χ1) is 8.98. The zero-order valence-corrected chi connectivity index (χ0v) is 12.7. The van der Waals surface area contributed by atoms with E-state index in [0.29, 0.717) is 0 Å². The lowest BCUT2D eigenvalue weighted by Crippen LogP contribution is -2.57. The highest BCUT2D eigenvalue weighted by molar-refractivity contribution is 5.51. The van der Waals surface area contributed by atoms with Crippen molar-refractivity contribution in [1.29, 1.82) is 0 Å². The lowest BCUT2D eigenvalue weighted by molar-refractivity contribution is 0.125. The van der Waals surface area contributed by atoms with Gasteiger partial charge in [-0.15, -0.1) is 0 Å². The minimum Gasteiger partial charge on any atom is -0.371 e. The van der Waals surface area contributed by atoms with E-state index in [-0.39, 0.29) is 5.54 Å². The summed E-state index contributed by atoms with van der Waals surface area (Å²) < 4.78 is 0. The third-order valence-electron chi connectivity index (χ3n) is 4.88. The lowest BCUT2D eigenvalue weighted by Gasteiger charge is -2.46. The van der Waals surface area contributed by atoms with E-state index in [1.807, 2.05) is 0 Å². The van der Waals surface area contributed by atoms with E-state index >= 15 is 0 Å². The van der Waals surface area contributed by atoms with Gasteiger partial charge in [0.05, 0.1) is 0 Å². The van der Waals surface area contributed by atoms with Crippen molar-refractivity contribution in [2.45, 2.75) is 32.2 Å². The third kappa shape index (κ3) is 2.77. The van der Waals surface area contributed by atoms with Gasteiger partial charge < -0.3 is 15.5 Å². The van der Waals surface area contributed by atoms with Crippen molar-refractivity contribution >= 4 is 5.69 Å². The number of nitrogens with two attached hydrogens (primary N) is 1. The van der Waals surface area contributed by atoms with E-state index in [9.17, 15) is 0 Å². The molecule has 0 atom stereocenters. The van der Waals surface area contributed by atoms with Crippen LogP contribution in [0.1, 0.15) is 24.0 Å². The Labute approximate surface area is 117 Å². The van der Waals surface area contributed by atoms with Crippen LogP contribution in [0.25, 0.3) is 0 Å². The highest BCUT2D eigenvalue weighted by Gasteiger charge is 2.35. The SMILES string of the molecule is Cc1ccc(N2CCC(CN)(N(C)C)CC2)cc1C. The van der Waals surface area contributed by atoms with E-state index in [0.717, 1.165) is 32.5 Å². The maximum atomic E-state index is 6.01. The molecule has 1 aromatic carbocycles. The Kier molecular flexibility index (Phi) is 4.16. The molecule has 2 N–H and O–H groups in total. The molecule has 0 amide bonds. The molecule has 0 spiro atoms. The average Bonchev–Trinajstić information content (AvgIpc) is 2.42. The van der Waals surface area contributed by atoms with Gasteiger partial charge >= 0.3 is 0 Å². The van der Waals surface area contributed by atoms with Crippen LogP contribution in [0.5, 0.6) is 0 Å². The standard InChI is InChI=1S/C16H27N3/c1-13-5-6-15(11-14(13)2)19-9-7-16(12-17,8-10-19)18(3)4/h5-6,11H,7-10,12,17H2,1-4H3. The third-order valence-corrected chi connectivity index (χ3v) is 4.88. The summed E-state index contributed by atoms with van der Waals surface area (Å²) in [6.07, 6.45) is 2.28. The number of rotatable bonds is 3. The summed E-state index contributed by atoms with van der Waals surface area (Å²) in [5.41, 5.74) is 10.3. The number of piperidine rings is 1. The van der Waals surface area contributed by atoms with Crippen LogP contribution in [-0.2, 0) is 0 Å². The second-order valence-corrected chi connectivity index (χ2v) is 6.08. The Morgan fingerprint density at radius 3 is 2.26 bits per heavy atom. The topological polar surface area (TPSA) is 32.5 Å². The lowest BCUT2D eigenvalue weighted by atomic mass is 9.86. The van der Waals surface area contributed by atoms with Crippen molar-refractivity contribution in [3.63, 3.8) is 0 Å². The molecule has 3 nitrogen and oxygen atoms in total. The summed E-state index contributed by atoms with van der Waals surface area (Å²) in [6, 6.07) is 6.77. The highest BCUT2D eigenvalue weighted by Crippen LogP contribution is 2.29. The smallest absolute Gasteiger partial charge is 0.0369 e. The fourth-order valence-corrected chi connectivity index (χ4v) is 2.94. The van der Waals surface area contributed by atoms with Crippen LogP contribution in [0.3, 0.4) is 0 Å². The summed E-state index contributed by atoms with van der Waals surface area (Å²) in [7, 11) is 4.30. The first-order valence-electron chi connectivity index (χ1n) is 7.18. The number of likely N-dealkylation sites (N-methyl/N-ethyl adjacent to an activating group) is 1. The molecule has 1 saturated heterocycles. The van der Waals surface area contributed by atoms with Crippen LogP contribution in [0.2, 0.25) is 0 Å². The molecule has 1 fully saturated rings. The van der Waals surface area contributed by atoms with Crippen molar-refractivity contribution in [2.24, 2.45) is 5.73 Å². The van der Waals surface area contributed by atoms with Crippen LogP contribution in [0.15, 0.2) is 18.2 Å². The number of nitrogens with zero attached hydrogens (tertiary/aromatic N) is 2. The fourth-order valence-electron chi connectivity index (χ4n) is 2.94. The maximum absolute atomic E-state index is 6.01. The largest absolute Gasteiger partial charge is 0.371 e. The first kappa shape index (κ1) is 14.4. The van der Waals surface area contributed by atoms with Crippen molar-refractivity contribution in [2.75, 3.05) is 38.6 Å². The van der Waals surface area contributed by atoms with E-state index in [4.69, 9.17) is 5.73 Å². The Morgan fingerprint density at radius 2 is 1.79 bits per heavy atom. The summed E-state index contributed by atoms with van der Waals surface area (Å²) >= 11 is 0. The van der Waals surface area contributed by atoms with E-state index in [1.54, 1.807) is 0 Å². The summed E-state index contributed by atoms with van der Waals surface area (Å²) in [5, 5.41) is 0. The van der Waals surface area contributed by atoms with E-state index in [2.05, 4.69) is 55.9 Å². The molecule has 3 heteroatoms. The van der Waals surface area contributed by atoms with Crippen LogP contribution >= 0.6 is 0 Å². The Balaban J connectivity index is 2.09. The minimum atomic E-state index is 0.191. The van der Waals surface area contributed by atoms with Gasteiger partial charge in [0, 0.05) is 30.9 Å². The minimum absolute atomic E-state index is 0.191. The van der Waals surface area contributed by atoms with Crippen molar-refractivity contribution in [1.82, 2.24) is 4.90 Å². The molecule has 106 valence electrons. The molecule has 0 aliphatic carbocycles. The van der Waals surface area contributed by atoms with E-state index in [1.165, 1.54) is 16.8 Å². The highest BCUT2D eigenvalue weighted by atomic mass is 15.2. The van der Waals surface area contributed by atoms with Crippen LogP contribution in [-0.4, -0.2) is 44.2 Å². The Hall–Kier alpha value is -1.06. The van der Waals surface area contributed by atoms with Gasteiger partial charge in [-0.1, -0.05) is 6.07 Å². The van der Waals surface area contributed by atoms with Gasteiger partial charge in [-0.05, 0) is 64.0 Å². The second-order valence-electron chi connectivity index (χ2n) is 6.08.